The largest absolute Gasteiger partial charge is 0.508 e. The Morgan fingerprint density at radius 1 is 1.31 bits per heavy atom. The van der Waals surface area contributed by atoms with Gasteiger partial charge in [0.25, 0.3) is 0 Å². The topological polar surface area (TPSA) is 66.3 Å². The second-order valence-electron chi connectivity index (χ2n) is 6.56. The second-order valence-corrected chi connectivity index (χ2v) is 6.56. The molecule has 1 heterocycles. The van der Waals surface area contributed by atoms with Gasteiger partial charge in [-0.1, -0.05) is 12.1 Å². The minimum absolute atomic E-state index is 0.311. The highest BCUT2D eigenvalue weighted by atomic mass is 16.5. The van der Waals surface area contributed by atoms with Crippen LogP contribution in [0.25, 0.3) is 0 Å². The zero-order valence-electron chi connectivity index (χ0n) is 16.1. The fraction of sp³-hybridized carbons (Fsp3) is 0.650. The van der Waals surface area contributed by atoms with Gasteiger partial charge in [0.15, 0.2) is 5.96 Å². The molecule has 2 rings (SSSR count). The van der Waals surface area contributed by atoms with Crippen molar-refractivity contribution in [2.75, 3.05) is 46.5 Å². The molecule has 1 aromatic carbocycles. The maximum absolute atomic E-state index is 9.55. The molecule has 0 amide bonds. The van der Waals surface area contributed by atoms with Crippen molar-refractivity contribution >= 4 is 5.96 Å². The van der Waals surface area contributed by atoms with E-state index in [1.807, 2.05) is 12.1 Å². The maximum atomic E-state index is 9.55. The fourth-order valence-electron chi connectivity index (χ4n) is 3.12. The third-order valence-corrected chi connectivity index (χ3v) is 4.50. The third kappa shape index (κ3) is 7.22. The van der Waals surface area contributed by atoms with Gasteiger partial charge in [0.1, 0.15) is 5.75 Å². The zero-order chi connectivity index (χ0) is 18.6. The number of guanidine groups is 1. The minimum Gasteiger partial charge on any atom is -0.508 e. The van der Waals surface area contributed by atoms with Crippen LogP contribution in [-0.2, 0) is 15.9 Å². The summed E-state index contributed by atoms with van der Waals surface area (Å²) in [7, 11) is 1.72. The van der Waals surface area contributed by atoms with Gasteiger partial charge in [-0.15, -0.1) is 0 Å². The van der Waals surface area contributed by atoms with Gasteiger partial charge >= 0.3 is 0 Å². The summed E-state index contributed by atoms with van der Waals surface area (Å²) in [5, 5.41) is 12.9. The van der Waals surface area contributed by atoms with Crippen molar-refractivity contribution in [2.45, 2.75) is 38.7 Å². The number of likely N-dealkylation sites (tertiary alicyclic amines) is 1. The standard InChI is InChI=1S/C20H33N3O3/c1-3-21-20(22-11-8-17-6-4-7-18(24)16-17)23-12-9-19(10-13-23)26-15-5-14-25-2/h4,6-7,16,19,24H,3,5,8-15H2,1-2H3,(H,21,22). The van der Waals surface area contributed by atoms with Crippen molar-refractivity contribution in [3.8, 4) is 5.75 Å². The van der Waals surface area contributed by atoms with Crippen molar-refractivity contribution in [1.82, 2.24) is 10.2 Å². The number of rotatable bonds is 9. The SMILES string of the molecule is CCNC(=NCCc1cccc(O)c1)N1CCC(OCCCOC)CC1. The highest BCUT2D eigenvalue weighted by Crippen LogP contribution is 2.15. The molecule has 1 aliphatic heterocycles. The summed E-state index contributed by atoms with van der Waals surface area (Å²) in [5.74, 6) is 1.29. The zero-order valence-corrected chi connectivity index (χ0v) is 16.1. The van der Waals surface area contributed by atoms with Crippen LogP contribution in [0.1, 0.15) is 31.7 Å². The average Bonchev–Trinajstić information content (AvgIpc) is 2.65. The lowest BCUT2D eigenvalue weighted by atomic mass is 10.1. The molecule has 6 nitrogen and oxygen atoms in total. The monoisotopic (exact) mass is 363 g/mol. The van der Waals surface area contributed by atoms with Gasteiger partial charge < -0.3 is 24.8 Å². The van der Waals surface area contributed by atoms with Crippen molar-refractivity contribution in [3.63, 3.8) is 0 Å². The Kier molecular flexibility index (Phi) is 9.28. The van der Waals surface area contributed by atoms with Gasteiger partial charge in [-0.25, -0.2) is 0 Å². The number of aliphatic imine (C=N–C) groups is 1. The number of methoxy groups -OCH3 is 1. The van der Waals surface area contributed by atoms with E-state index in [-0.39, 0.29) is 0 Å². The lowest BCUT2D eigenvalue weighted by Gasteiger charge is -2.34. The summed E-state index contributed by atoms with van der Waals surface area (Å²) in [5.41, 5.74) is 1.10. The molecule has 0 atom stereocenters. The van der Waals surface area contributed by atoms with E-state index in [9.17, 15) is 5.11 Å². The predicted molar refractivity (Wildman–Crippen MR) is 105 cm³/mol. The average molecular weight is 364 g/mol. The van der Waals surface area contributed by atoms with Crippen LogP contribution in [0.4, 0.5) is 0 Å². The molecule has 1 fully saturated rings. The molecule has 0 aromatic heterocycles. The van der Waals surface area contributed by atoms with Gasteiger partial charge in [0.2, 0.25) is 0 Å². The van der Waals surface area contributed by atoms with E-state index in [0.29, 0.717) is 18.4 Å². The second kappa shape index (κ2) is 11.8. The molecule has 0 saturated carbocycles. The van der Waals surface area contributed by atoms with E-state index in [4.69, 9.17) is 14.5 Å². The Balaban J connectivity index is 1.78. The molecule has 146 valence electrons. The Hall–Kier alpha value is -1.79. The molecule has 0 bridgehead atoms. The lowest BCUT2D eigenvalue weighted by Crippen LogP contribution is -2.47. The quantitative estimate of drug-likeness (QED) is 0.401. The van der Waals surface area contributed by atoms with Gasteiger partial charge in [0.05, 0.1) is 6.10 Å². The summed E-state index contributed by atoms with van der Waals surface area (Å²) in [6.07, 6.45) is 4.19. The fourth-order valence-corrected chi connectivity index (χ4v) is 3.12. The number of ether oxygens (including phenoxy) is 2. The first-order valence-corrected chi connectivity index (χ1v) is 9.64. The van der Waals surface area contributed by atoms with E-state index >= 15 is 0 Å². The lowest BCUT2D eigenvalue weighted by molar-refractivity contribution is 0.00991. The molecule has 1 aromatic rings. The van der Waals surface area contributed by atoms with Crippen LogP contribution < -0.4 is 5.32 Å². The molecule has 0 radical (unpaired) electrons. The number of phenolic OH excluding ortho intramolecular Hbond substituents is 1. The van der Waals surface area contributed by atoms with E-state index in [2.05, 4.69) is 17.1 Å². The molecule has 6 heteroatoms. The van der Waals surface area contributed by atoms with Gasteiger partial charge in [0, 0.05) is 46.5 Å². The number of aromatic hydroxyl groups is 1. The normalized spacial score (nSPS) is 16.1. The van der Waals surface area contributed by atoms with Crippen molar-refractivity contribution in [3.05, 3.63) is 29.8 Å². The maximum Gasteiger partial charge on any atom is 0.193 e. The third-order valence-electron chi connectivity index (χ3n) is 4.50. The smallest absolute Gasteiger partial charge is 0.193 e. The number of nitrogens with zero attached hydrogens (tertiary/aromatic N) is 2. The molecular formula is C20H33N3O3. The van der Waals surface area contributed by atoms with Crippen molar-refractivity contribution in [2.24, 2.45) is 4.99 Å². The van der Waals surface area contributed by atoms with Crippen LogP contribution in [0.3, 0.4) is 0 Å². The van der Waals surface area contributed by atoms with Crippen LogP contribution in [-0.4, -0.2) is 68.6 Å². The Morgan fingerprint density at radius 3 is 2.81 bits per heavy atom. The number of benzene rings is 1. The number of phenols is 1. The molecule has 1 saturated heterocycles. The van der Waals surface area contributed by atoms with Crippen LogP contribution in [0, 0.1) is 0 Å². The summed E-state index contributed by atoms with van der Waals surface area (Å²) in [4.78, 5) is 7.09. The molecule has 0 unspecified atom stereocenters. The van der Waals surface area contributed by atoms with E-state index in [1.54, 1.807) is 19.2 Å². The Bertz CT molecular complexity index is 543. The number of piperidine rings is 1. The highest BCUT2D eigenvalue weighted by Gasteiger charge is 2.21. The van der Waals surface area contributed by atoms with Crippen molar-refractivity contribution in [1.29, 1.82) is 0 Å². The molecule has 0 spiro atoms. The summed E-state index contributed by atoms with van der Waals surface area (Å²) in [6.45, 7) is 7.12. The Labute approximate surface area is 157 Å². The first-order valence-electron chi connectivity index (χ1n) is 9.64. The Morgan fingerprint density at radius 2 is 2.12 bits per heavy atom. The molecule has 26 heavy (non-hydrogen) atoms. The van der Waals surface area contributed by atoms with Crippen LogP contribution in [0.15, 0.2) is 29.3 Å². The molecule has 1 aliphatic rings. The number of hydrogen-bond acceptors (Lipinski definition) is 4. The van der Waals surface area contributed by atoms with E-state index in [0.717, 1.165) is 70.1 Å². The highest BCUT2D eigenvalue weighted by molar-refractivity contribution is 5.80. The summed E-state index contributed by atoms with van der Waals surface area (Å²) >= 11 is 0. The number of hydrogen-bond donors (Lipinski definition) is 2. The van der Waals surface area contributed by atoms with E-state index in [1.165, 1.54) is 0 Å². The van der Waals surface area contributed by atoms with Crippen molar-refractivity contribution < 1.29 is 14.6 Å². The molecule has 2 N–H and O–H groups in total. The molecular weight excluding hydrogens is 330 g/mol. The van der Waals surface area contributed by atoms with E-state index < -0.39 is 0 Å². The minimum atomic E-state index is 0.311. The van der Waals surface area contributed by atoms with Gasteiger partial charge in [-0.2, -0.15) is 0 Å². The van der Waals surface area contributed by atoms with Gasteiger partial charge in [-0.3, -0.25) is 4.99 Å². The van der Waals surface area contributed by atoms with Gasteiger partial charge in [-0.05, 0) is 50.3 Å². The van der Waals surface area contributed by atoms with Crippen LogP contribution >= 0.6 is 0 Å². The van der Waals surface area contributed by atoms with Crippen LogP contribution in [0.2, 0.25) is 0 Å². The van der Waals surface area contributed by atoms with Crippen LogP contribution in [0.5, 0.6) is 5.75 Å². The molecule has 0 aliphatic carbocycles. The summed E-state index contributed by atoms with van der Waals surface area (Å²) in [6, 6.07) is 7.39. The first-order chi connectivity index (χ1) is 12.7. The first kappa shape index (κ1) is 20.5. The predicted octanol–water partition coefficient (Wildman–Crippen LogP) is 2.42. The summed E-state index contributed by atoms with van der Waals surface area (Å²) < 4.78 is 11.0. The number of nitrogens with one attached hydrogen (secondary N) is 1.